The number of hydrogen-bond acceptors (Lipinski definition) is 7. The Morgan fingerprint density at radius 3 is 2.59 bits per heavy atom. The number of ether oxygens (including phenoxy) is 2. The predicted molar refractivity (Wildman–Crippen MR) is 133 cm³/mol. The topological polar surface area (TPSA) is 99.0 Å². The number of pyridine rings is 1. The normalized spacial score (nSPS) is 11.4. The molecule has 0 saturated carbocycles. The van der Waals surface area contributed by atoms with E-state index in [1.807, 2.05) is 25.1 Å². The van der Waals surface area contributed by atoms with E-state index in [9.17, 15) is 13.2 Å². The summed E-state index contributed by atoms with van der Waals surface area (Å²) >= 11 is 1.38. The number of aryl methyl sites for hydroxylation is 1. The Balaban J connectivity index is 1.60. The number of hydrogen-bond donors (Lipinski definition) is 1. The van der Waals surface area contributed by atoms with Gasteiger partial charge in [-0.1, -0.05) is 18.2 Å². The summed E-state index contributed by atoms with van der Waals surface area (Å²) in [6.07, 6.45) is 1.75. The molecule has 2 heterocycles. The highest BCUT2D eigenvalue weighted by atomic mass is 32.2. The van der Waals surface area contributed by atoms with Gasteiger partial charge in [-0.2, -0.15) is 0 Å². The molecule has 0 unspecified atom stereocenters. The van der Waals surface area contributed by atoms with Crippen LogP contribution in [-0.4, -0.2) is 32.0 Å². The maximum atomic E-state index is 13.2. The van der Waals surface area contributed by atoms with Crippen LogP contribution in [0.15, 0.2) is 81.4 Å². The monoisotopic (exact) mass is 497 g/mol. The molecule has 34 heavy (non-hydrogen) atoms. The van der Waals surface area contributed by atoms with Crippen LogP contribution < -0.4 is 19.8 Å². The molecular weight excluding hydrogens is 474 g/mol. The summed E-state index contributed by atoms with van der Waals surface area (Å²) in [6, 6.07) is 16.8. The van der Waals surface area contributed by atoms with Gasteiger partial charge in [-0.3, -0.25) is 13.9 Å². The quantitative estimate of drug-likeness (QED) is 0.366. The van der Waals surface area contributed by atoms with Crippen molar-refractivity contribution in [2.75, 3.05) is 18.9 Å². The second-order valence-corrected chi connectivity index (χ2v) is 10.1. The first-order valence-electron chi connectivity index (χ1n) is 10.3. The number of rotatable bonds is 8. The smallest absolute Gasteiger partial charge is 0.265 e. The van der Waals surface area contributed by atoms with Crippen LogP contribution in [0.3, 0.4) is 0 Å². The summed E-state index contributed by atoms with van der Waals surface area (Å²) < 4.78 is 40.9. The Morgan fingerprint density at radius 2 is 1.82 bits per heavy atom. The Hall–Kier alpha value is -3.50. The summed E-state index contributed by atoms with van der Waals surface area (Å²) in [6.45, 7) is 1.91. The van der Waals surface area contributed by atoms with Crippen LogP contribution in [0, 0.1) is 6.92 Å². The van der Waals surface area contributed by atoms with Gasteiger partial charge in [0.15, 0.2) is 0 Å². The fourth-order valence-electron chi connectivity index (χ4n) is 3.35. The Kier molecular flexibility index (Phi) is 6.80. The lowest BCUT2D eigenvalue weighted by Gasteiger charge is -2.15. The van der Waals surface area contributed by atoms with Gasteiger partial charge in [0.2, 0.25) is 0 Å². The number of fused-ring (bicyclic) bond motifs is 1. The van der Waals surface area contributed by atoms with E-state index < -0.39 is 10.0 Å². The molecule has 0 saturated heterocycles. The number of anilines is 1. The molecule has 176 valence electrons. The van der Waals surface area contributed by atoms with Gasteiger partial charge in [-0.05, 0) is 42.8 Å². The molecule has 0 aliphatic carbocycles. The van der Waals surface area contributed by atoms with E-state index >= 15 is 0 Å². The maximum Gasteiger partial charge on any atom is 0.265 e. The molecule has 2 aromatic heterocycles. The van der Waals surface area contributed by atoms with Crippen molar-refractivity contribution in [3.8, 4) is 11.5 Å². The number of benzene rings is 2. The molecule has 0 bridgehead atoms. The molecule has 4 rings (SSSR count). The molecule has 0 radical (unpaired) electrons. The number of nitrogens with zero attached hydrogens (tertiary/aromatic N) is 2. The van der Waals surface area contributed by atoms with Gasteiger partial charge in [0.05, 0.1) is 25.6 Å². The molecule has 1 N–H and O–H groups in total. The number of nitrogens with one attached hydrogen (secondary N) is 1. The van der Waals surface area contributed by atoms with Crippen molar-refractivity contribution in [3.63, 3.8) is 0 Å². The SMILES string of the molecule is COc1ccc(OC)c(S(=O)(=O)Nc2ccccc2SCc2cc(=O)n3cc(C)ccc3n2)c1. The molecule has 2 aromatic carbocycles. The third-order valence-electron chi connectivity index (χ3n) is 5.03. The molecule has 0 atom stereocenters. The van der Waals surface area contributed by atoms with Gasteiger partial charge < -0.3 is 9.47 Å². The highest BCUT2D eigenvalue weighted by Gasteiger charge is 2.22. The van der Waals surface area contributed by atoms with Crippen molar-refractivity contribution in [1.82, 2.24) is 9.38 Å². The van der Waals surface area contributed by atoms with Crippen molar-refractivity contribution in [1.29, 1.82) is 0 Å². The lowest BCUT2D eigenvalue weighted by Crippen LogP contribution is -2.15. The van der Waals surface area contributed by atoms with Gasteiger partial charge in [-0.25, -0.2) is 13.4 Å². The van der Waals surface area contributed by atoms with Gasteiger partial charge in [0.1, 0.15) is 22.0 Å². The second kappa shape index (κ2) is 9.78. The zero-order valence-electron chi connectivity index (χ0n) is 18.8. The molecule has 8 nitrogen and oxygen atoms in total. The lowest BCUT2D eigenvalue weighted by atomic mass is 10.3. The van der Waals surface area contributed by atoms with Crippen LogP contribution in [0.1, 0.15) is 11.3 Å². The molecule has 10 heteroatoms. The molecule has 0 fully saturated rings. The molecule has 4 aromatic rings. The maximum absolute atomic E-state index is 13.2. The lowest BCUT2D eigenvalue weighted by molar-refractivity contribution is 0.392. The number of sulfonamides is 1. The minimum absolute atomic E-state index is 0.0336. The van der Waals surface area contributed by atoms with E-state index in [-0.39, 0.29) is 16.2 Å². The van der Waals surface area contributed by atoms with Gasteiger partial charge in [0, 0.05) is 29.0 Å². The van der Waals surface area contributed by atoms with Gasteiger partial charge >= 0.3 is 0 Å². The first-order chi connectivity index (χ1) is 16.3. The average Bonchev–Trinajstić information content (AvgIpc) is 2.83. The summed E-state index contributed by atoms with van der Waals surface area (Å²) in [5.41, 5.74) is 2.38. The summed E-state index contributed by atoms with van der Waals surface area (Å²) in [4.78, 5) is 17.7. The number of para-hydroxylation sites is 1. The van der Waals surface area contributed by atoms with Crippen molar-refractivity contribution >= 4 is 33.1 Å². The van der Waals surface area contributed by atoms with Gasteiger partial charge in [0.25, 0.3) is 15.6 Å². The highest BCUT2D eigenvalue weighted by Crippen LogP contribution is 2.34. The van der Waals surface area contributed by atoms with E-state index in [2.05, 4.69) is 9.71 Å². The molecule has 0 amide bonds. The van der Waals surface area contributed by atoms with Crippen molar-refractivity contribution in [2.45, 2.75) is 22.5 Å². The largest absolute Gasteiger partial charge is 0.497 e. The third kappa shape index (κ3) is 5.02. The van der Waals surface area contributed by atoms with Crippen LogP contribution in [-0.2, 0) is 15.8 Å². The first-order valence-corrected chi connectivity index (χ1v) is 12.7. The van der Waals surface area contributed by atoms with Gasteiger partial charge in [-0.15, -0.1) is 11.8 Å². The molecule has 0 aliphatic heterocycles. The highest BCUT2D eigenvalue weighted by molar-refractivity contribution is 7.98. The predicted octanol–water partition coefficient (Wildman–Crippen LogP) is 4.11. The average molecular weight is 498 g/mol. The minimum atomic E-state index is -3.97. The Morgan fingerprint density at radius 1 is 1.03 bits per heavy atom. The van der Waals surface area contributed by atoms with Crippen molar-refractivity contribution < 1.29 is 17.9 Å². The fraction of sp³-hybridized carbons (Fsp3) is 0.167. The van der Waals surface area contributed by atoms with E-state index in [0.717, 1.165) is 5.56 Å². The zero-order valence-corrected chi connectivity index (χ0v) is 20.4. The Labute approximate surface area is 201 Å². The molecule has 0 spiro atoms. The van der Waals surface area contributed by atoms with Crippen LogP contribution in [0.2, 0.25) is 0 Å². The van der Waals surface area contributed by atoms with E-state index in [0.29, 0.717) is 33.4 Å². The van der Waals surface area contributed by atoms with Crippen molar-refractivity contribution in [2.24, 2.45) is 0 Å². The number of methoxy groups -OCH3 is 2. The summed E-state index contributed by atoms with van der Waals surface area (Å²) in [7, 11) is -1.10. The number of thioether (sulfide) groups is 1. The Bertz CT molecular complexity index is 1520. The number of aromatic nitrogens is 2. The van der Waals surface area contributed by atoms with E-state index in [4.69, 9.17) is 9.47 Å². The van der Waals surface area contributed by atoms with Crippen LogP contribution in [0.25, 0.3) is 5.65 Å². The third-order valence-corrected chi connectivity index (χ3v) is 7.52. The standard InChI is InChI=1S/C24H23N3O5S2/c1-16-8-11-23-25-17(12-24(28)27(23)14-16)15-33-21-7-5-4-6-19(21)26-34(29,30)22-13-18(31-2)9-10-20(22)32-3/h4-14,26H,15H2,1-3H3. The zero-order chi connectivity index (χ0) is 24.3. The van der Waals surface area contributed by atoms with Crippen LogP contribution in [0.5, 0.6) is 11.5 Å². The fourth-order valence-corrected chi connectivity index (χ4v) is 5.58. The van der Waals surface area contributed by atoms with Crippen molar-refractivity contribution in [3.05, 3.63) is 88.5 Å². The minimum Gasteiger partial charge on any atom is -0.497 e. The first kappa shape index (κ1) is 23.7. The molecular formula is C24H23N3O5S2. The van der Waals surface area contributed by atoms with E-state index in [1.165, 1.54) is 42.5 Å². The van der Waals surface area contributed by atoms with E-state index in [1.54, 1.807) is 36.5 Å². The van der Waals surface area contributed by atoms with Crippen LogP contribution >= 0.6 is 11.8 Å². The second-order valence-electron chi connectivity index (χ2n) is 7.43. The van der Waals surface area contributed by atoms with Crippen LogP contribution in [0.4, 0.5) is 5.69 Å². The summed E-state index contributed by atoms with van der Waals surface area (Å²) in [5.74, 6) is 0.989. The summed E-state index contributed by atoms with van der Waals surface area (Å²) in [5, 5.41) is 0. The molecule has 0 aliphatic rings.